The van der Waals surface area contributed by atoms with E-state index in [0.29, 0.717) is 23.1 Å². The van der Waals surface area contributed by atoms with Crippen LogP contribution < -0.4 is 10.0 Å². The minimum atomic E-state index is -3.23. The standard InChI is InChI=1S/C13H16N4O4S/c1-2-22(20,21)16-9-8-14-11-5-6-12(17(18)19)10-4-3-7-15-13(10)11/h3-7,14,16H,2,8-9H2,1H3. The first-order chi connectivity index (χ1) is 10.4. The molecule has 0 atom stereocenters. The third kappa shape index (κ3) is 3.68. The molecule has 1 heterocycles. The van der Waals surface area contributed by atoms with Gasteiger partial charge in [-0.2, -0.15) is 0 Å². The molecule has 118 valence electrons. The largest absolute Gasteiger partial charge is 0.382 e. The molecule has 0 bridgehead atoms. The number of sulfonamides is 1. The highest BCUT2D eigenvalue weighted by Crippen LogP contribution is 2.29. The summed E-state index contributed by atoms with van der Waals surface area (Å²) < 4.78 is 25.1. The number of benzene rings is 1. The molecule has 0 aliphatic heterocycles. The molecule has 1 aromatic heterocycles. The Morgan fingerprint density at radius 3 is 2.73 bits per heavy atom. The predicted molar refractivity (Wildman–Crippen MR) is 84.4 cm³/mol. The van der Waals surface area contributed by atoms with Crippen molar-refractivity contribution in [3.8, 4) is 0 Å². The van der Waals surface area contributed by atoms with Crippen molar-refractivity contribution < 1.29 is 13.3 Å². The molecule has 8 nitrogen and oxygen atoms in total. The summed E-state index contributed by atoms with van der Waals surface area (Å²) in [6.45, 7) is 2.13. The van der Waals surface area contributed by atoms with Crippen molar-refractivity contribution in [3.05, 3.63) is 40.6 Å². The van der Waals surface area contributed by atoms with Gasteiger partial charge >= 0.3 is 0 Å². The zero-order valence-electron chi connectivity index (χ0n) is 11.9. The van der Waals surface area contributed by atoms with Crippen molar-refractivity contribution in [2.45, 2.75) is 6.92 Å². The maximum atomic E-state index is 11.3. The minimum Gasteiger partial charge on any atom is -0.382 e. The Morgan fingerprint density at radius 1 is 1.27 bits per heavy atom. The molecule has 0 spiro atoms. The highest BCUT2D eigenvalue weighted by molar-refractivity contribution is 7.89. The van der Waals surface area contributed by atoms with E-state index in [4.69, 9.17) is 0 Å². The lowest BCUT2D eigenvalue weighted by Gasteiger charge is -2.10. The van der Waals surface area contributed by atoms with Crippen molar-refractivity contribution in [1.29, 1.82) is 0 Å². The van der Waals surface area contributed by atoms with Gasteiger partial charge in [-0.3, -0.25) is 15.1 Å². The average Bonchev–Trinajstić information content (AvgIpc) is 2.51. The second kappa shape index (κ2) is 6.67. The SMILES string of the molecule is CCS(=O)(=O)NCCNc1ccc([N+](=O)[O-])c2cccnc12. The Balaban J connectivity index is 2.16. The molecule has 9 heteroatoms. The van der Waals surface area contributed by atoms with Gasteiger partial charge in [0.15, 0.2) is 0 Å². The summed E-state index contributed by atoms with van der Waals surface area (Å²) in [5, 5.41) is 14.5. The molecule has 0 saturated heterocycles. The lowest BCUT2D eigenvalue weighted by Crippen LogP contribution is -2.30. The number of hydrogen-bond donors (Lipinski definition) is 2. The number of hydrogen-bond acceptors (Lipinski definition) is 6. The van der Waals surface area contributed by atoms with Crippen LogP contribution >= 0.6 is 0 Å². The van der Waals surface area contributed by atoms with E-state index in [9.17, 15) is 18.5 Å². The number of aromatic nitrogens is 1. The molecular weight excluding hydrogens is 308 g/mol. The van der Waals surface area contributed by atoms with E-state index in [2.05, 4.69) is 15.0 Å². The number of fused-ring (bicyclic) bond motifs is 1. The Kier molecular flexibility index (Phi) is 4.88. The van der Waals surface area contributed by atoms with Gasteiger partial charge in [0, 0.05) is 25.4 Å². The average molecular weight is 324 g/mol. The minimum absolute atomic E-state index is 0.0136. The van der Waals surface area contributed by atoms with Gasteiger partial charge in [0.05, 0.1) is 21.7 Å². The Hall–Kier alpha value is -2.26. The van der Waals surface area contributed by atoms with Crippen molar-refractivity contribution in [2.24, 2.45) is 0 Å². The van der Waals surface area contributed by atoms with Gasteiger partial charge in [-0.1, -0.05) is 0 Å². The molecule has 0 aliphatic rings. The van der Waals surface area contributed by atoms with Crippen LogP contribution in [-0.4, -0.2) is 37.2 Å². The topological polar surface area (TPSA) is 114 Å². The van der Waals surface area contributed by atoms with Crippen LogP contribution in [0.3, 0.4) is 0 Å². The zero-order valence-corrected chi connectivity index (χ0v) is 12.8. The summed E-state index contributed by atoms with van der Waals surface area (Å²) in [5.41, 5.74) is 1.09. The van der Waals surface area contributed by atoms with Crippen molar-refractivity contribution >= 4 is 32.3 Å². The smallest absolute Gasteiger partial charge is 0.278 e. The molecular formula is C13H16N4O4S. The summed E-state index contributed by atoms with van der Waals surface area (Å²) in [7, 11) is -3.23. The Bertz CT molecular complexity index is 792. The number of non-ortho nitro benzene ring substituents is 1. The fourth-order valence-corrected chi connectivity index (χ4v) is 2.58. The molecule has 0 unspecified atom stereocenters. The highest BCUT2D eigenvalue weighted by Gasteiger charge is 2.14. The van der Waals surface area contributed by atoms with Gasteiger partial charge in [0.2, 0.25) is 10.0 Å². The number of nitro groups is 1. The molecule has 0 fully saturated rings. The van der Waals surface area contributed by atoms with E-state index in [1.165, 1.54) is 6.07 Å². The second-order valence-electron chi connectivity index (χ2n) is 4.51. The molecule has 2 rings (SSSR count). The Morgan fingerprint density at radius 2 is 2.05 bits per heavy atom. The first kappa shape index (κ1) is 16.1. The normalized spacial score (nSPS) is 11.5. The van der Waals surface area contributed by atoms with E-state index in [-0.39, 0.29) is 18.0 Å². The maximum Gasteiger partial charge on any atom is 0.278 e. The first-order valence-corrected chi connectivity index (χ1v) is 8.33. The summed E-state index contributed by atoms with van der Waals surface area (Å²) in [5.74, 6) is 0.0228. The molecule has 1 aromatic carbocycles. The summed E-state index contributed by atoms with van der Waals surface area (Å²) in [4.78, 5) is 14.7. The van der Waals surface area contributed by atoms with Gasteiger partial charge in [-0.25, -0.2) is 13.1 Å². The molecule has 2 aromatic rings. The molecule has 0 amide bonds. The van der Waals surface area contributed by atoms with Gasteiger partial charge in [0.1, 0.15) is 5.52 Å². The lowest BCUT2D eigenvalue weighted by molar-refractivity contribution is -0.383. The van der Waals surface area contributed by atoms with Gasteiger partial charge < -0.3 is 5.32 Å². The van der Waals surface area contributed by atoms with Crippen LogP contribution in [0, 0.1) is 10.1 Å². The number of nitrogens with zero attached hydrogens (tertiary/aromatic N) is 2. The lowest BCUT2D eigenvalue weighted by atomic mass is 10.1. The van der Waals surface area contributed by atoms with Crippen LogP contribution in [-0.2, 0) is 10.0 Å². The quantitative estimate of drug-likeness (QED) is 0.453. The third-order valence-corrected chi connectivity index (χ3v) is 4.49. The van der Waals surface area contributed by atoms with Crippen molar-refractivity contribution in [3.63, 3.8) is 0 Å². The molecule has 0 radical (unpaired) electrons. The number of pyridine rings is 1. The number of anilines is 1. The summed E-state index contributed by atoms with van der Waals surface area (Å²) >= 11 is 0. The van der Waals surface area contributed by atoms with E-state index in [1.54, 1.807) is 31.3 Å². The summed E-state index contributed by atoms with van der Waals surface area (Å²) in [6, 6.07) is 6.24. The zero-order chi connectivity index (χ0) is 16.2. The molecule has 0 aliphatic carbocycles. The fourth-order valence-electron chi connectivity index (χ4n) is 1.97. The molecule has 0 saturated carbocycles. The highest BCUT2D eigenvalue weighted by atomic mass is 32.2. The number of nitro benzene ring substituents is 1. The van der Waals surface area contributed by atoms with Crippen LogP contribution in [0.15, 0.2) is 30.5 Å². The predicted octanol–water partition coefficient (Wildman–Crippen LogP) is 1.49. The maximum absolute atomic E-state index is 11.3. The van der Waals surface area contributed by atoms with Crippen LogP contribution in [0.2, 0.25) is 0 Å². The monoisotopic (exact) mass is 324 g/mol. The van der Waals surface area contributed by atoms with E-state index in [1.807, 2.05) is 0 Å². The van der Waals surface area contributed by atoms with Crippen molar-refractivity contribution in [1.82, 2.24) is 9.71 Å². The van der Waals surface area contributed by atoms with Crippen LogP contribution in [0.25, 0.3) is 10.9 Å². The van der Waals surface area contributed by atoms with Crippen LogP contribution in [0.1, 0.15) is 6.92 Å². The third-order valence-electron chi connectivity index (χ3n) is 3.09. The molecule has 2 N–H and O–H groups in total. The molecule has 22 heavy (non-hydrogen) atoms. The first-order valence-electron chi connectivity index (χ1n) is 6.68. The van der Waals surface area contributed by atoms with Gasteiger partial charge in [0.25, 0.3) is 5.69 Å². The van der Waals surface area contributed by atoms with Crippen LogP contribution in [0.4, 0.5) is 11.4 Å². The summed E-state index contributed by atoms with van der Waals surface area (Å²) in [6.07, 6.45) is 1.55. The fraction of sp³-hybridized carbons (Fsp3) is 0.308. The van der Waals surface area contributed by atoms with E-state index >= 15 is 0 Å². The van der Waals surface area contributed by atoms with Gasteiger partial charge in [-0.15, -0.1) is 0 Å². The van der Waals surface area contributed by atoms with E-state index < -0.39 is 14.9 Å². The Labute approximate surface area is 127 Å². The number of nitrogens with one attached hydrogen (secondary N) is 2. The van der Waals surface area contributed by atoms with Gasteiger partial charge in [-0.05, 0) is 25.1 Å². The number of rotatable bonds is 7. The second-order valence-corrected chi connectivity index (χ2v) is 6.61. The van der Waals surface area contributed by atoms with E-state index in [0.717, 1.165) is 0 Å². The van der Waals surface area contributed by atoms with Crippen LogP contribution in [0.5, 0.6) is 0 Å². The van der Waals surface area contributed by atoms with Crippen molar-refractivity contribution in [2.75, 3.05) is 24.2 Å².